The van der Waals surface area contributed by atoms with Crippen molar-refractivity contribution in [2.45, 2.75) is 12.5 Å². The van der Waals surface area contributed by atoms with Crippen LogP contribution in [0.5, 0.6) is 0 Å². The summed E-state index contributed by atoms with van der Waals surface area (Å²) in [6, 6.07) is 15.5. The average Bonchev–Trinajstić information content (AvgIpc) is 2.61. The number of piperazine rings is 1. The monoisotopic (exact) mass is 284 g/mol. The Morgan fingerprint density at radius 3 is 2.95 bits per heavy atom. The third kappa shape index (κ3) is 1.91. The van der Waals surface area contributed by atoms with Crippen molar-refractivity contribution in [3.05, 3.63) is 64.2 Å². The largest absolute Gasteiger partial charge is 0.362 e. The Bertz CT molecular complexity index is 653. The van der Waals surface area contributed by atoms with E-state index in [2.05, 4.69) is 46.6 Å². The van der Waals surface area contributed by atoms with Gasteiger partial charge in [0.25, 0.3) is 0 Å². The molecule has 2 aliphatic rings. The number of nitrogens with one attached hydrogen (secondary N) is 1. The van der Waals surface area contributed by atoms with Gasteiger partial charge in [0, 0.05) is 30.3 Å². The summed E-state index contributed by atoms with van der Waals surface area (Å²) in [4.78, 5) is 2.54. The number of anilines is 1. The minimum Gasteiger partial charge on any atom is -0.362 e. The third-order valence-electron chi connectivity index (χ3n) is 4.39. The summed E-state index contributed by atoms with van der Waals surface area (Å²) in [7, 11) is 0. The van der Waals surface area contributed by atoms with E-state index < -0.39 is 0 Å². The molecule has 0 spiro atoms. The van der Waals surface area contributed by atoms with Gasteiger partial charge in [0.15, 0.2) is 0 Å². The van der Waals surface area contributed by atoms with Gasteiger partial charge in [-0.25, -0.2) is 0 Å². The van der Waals surface area contributed by atoms with Gasteiger partial charge < -0.3 is 10.2 Å². The molecule has 1 saturated heterocycles. The summed E-state index contributed by atoms with van der Waals surface area (Å²) in [5.41, 5.74) is 5.56. The Labute approximate surface area is 124 Å². The van der Waals surface area contributed by atoms with Crippen LogP contribution < -0.4 is 10.2 Å². The van der Waals surface area contributed by atoms with Gasteiger partial charge in [-0.15, -0.1) is 0 Å². The van der Waals surface area contributed by atoms with Crippen LogP contribution in [0.1, 0.15) is 22.7 Å². The first-order valence-corrected chi connectivity index (χ1v) is 7.54. The predicted molar refractivity (Wildman–Crippen MR) is 83.7 cm³/mol. The van der Waals surface area contributed by atoms with Crippen LogP contribution in [0.15, 0.2) is 42.5 Å². The van der Waals surface area contributed by atoms with Gasteiger partial charge in [0.05, 0.1) is 6.04 Å². The Morgan fingerprint density at radius 2 is 2.00 bits per heavy atom. The van der Waals surface area contributed by atoms with Crippen LogP contribution in [0.25, 0.3) is 0 Å². The lowest BCUT2D eigenvalue weighted by atomic mass is 9.96. The van der Waals surface area contributed by atoms with E-state index in [4.69, 9.17) is 11.6 Å². The van der Waals surface area contributed by atoms with Crippen LogP contribution in [-0.4, -0.2) is 19.6 Å². The number of hydrogen-bond donors (Lipinski definition) is 1. The smallest absolute Gasteiger partial charge is 0.0670 e. The molecule has 2 aromatic carbocycles. The molecule has 1 atom stereocenters. The molecular formula is C17H17ClN2. The number of rotatable bonds is 0. The number of halogens is 1. The lowest BCUT2D eigenvalue weighted by Crippen LogP contribution is -2.46. The zero-order valence-electron chi connectivity index (χ0n) is 11.3. The van der Waals surface area contributed by atoms with E-state index >= 15 is 0 Å². The molecule has 102 valence electrons. The van der Waals surface area contributed by atoms with Gasteiger partial charge in [0.1, 0.15) is 0 Å². The van der Waals surface area contributed by atoms with Gasteiger partial charge >= 0.3 is 0 Å². The maximum absolute atomic E-state index is 6.20. The molecule has 0 amide bonds. The lowest BCUT2D eigenvalue weighted by molar-refractivity contribution is 0.490. The Morgan fingerprint density at radius 1 is 1.10 bits per heavy atom. The van der Waals surface area contributed by atoms with Gasteiger partial charge in [-0.05, 0) is 41.3 Å². The lowest BCUT2D eigenvalue weighted by Gasteiger charge is -2.38. The fourth-order valence-electron chi connectivity index (χ4n) is 3.47. The fraction of sp³-hybridized carbons (Fsp3) is 0.294. The normalized spacial score (nSPS) is 20.6. The van der Waals surface area contributed by atoms with Crippen LogP contribution in [-0.2, 0) is 6.42 Å². The Hall–Kier alpha value is -1.51. The zero-order chi connectivity index (χ0) is 13.5. The highest BCUT2D eigenvalue weighted by molar-refractivity contribution is 6.30. The van der Waals surface area contributed by atoms with Crippen molar-refractivity contribution in [3.63, 3.8) is 0 Å². The SMILES string of the molecule is Clc1ccc2c(c1)Cc1ccccc1[C@H]1CNCCN21. The minimum absolute atomic E-state index is 0.433. The first-order valence-electron chi connectivity index (χ1n) is 7.16. The van der Waals surface area contributed by atoms with Gasteiger partial charge in [-0.2, -0.15) is 0 Å². The van der Waals surface area contributed by atoms with Crippen LogP contribution in [0, 0.1) is 0 Å². The number of fused-ring (bicyclic) bond motifs is 5. The molecule has 4 rings (SSSR count). The minimum atomic E-state index is 0.433. The number of nitrogens with zero attached hydrogens (tertiary/aromatic N) is 1. The molecular weight excluding hydrogens is 268 g/mol. The van der Waals surface area contributed by atoms with E-state index in [0.29, 0.717) is 6.04 Å². The summed E-state index contributed by atoms with van der Waals surface area (Å²) in [6.07, 6.45) is 0.971. The molecule has 3 heteroatoms. The highest BCUT2D eigenvalue weighted by atomic mass is 35.5. The molecule has 0 unspecified atom stereocenters. The highest BCUT2D eigenvalue weighted by Gasteiger charge is 2.30. The molecule has 2 nitrogen and oxygen atoms in total. The molecule has 2 heterocycles. The van der Waals surface area contributed by atoms with Crippen molar-refractivity contribution in [1.82, 2.24) is 5.32 Å². The molecule has 1 fully saturated rings. The Kier molecular flexibility index (Phi) is 2.94. The summed E-state index contributed by atoms with van der Waals surface area (Å²) >= 11 is 6.20. The molecule has 2 aromatic rings. The van der Waals surface area contributed by atoms with E-state index in [9.17, 15) is 0 Å². The second-order valence-corrected chi connectivity index (χ2v) is 6.00. The van der Waals surface area contributed by atoms with E-state index in [0.717, 1.165) is 31.1 Å². The second kappa shape index (κ2) is 4.80. The quantitative estimate of drug-likeness (QED) is 0.798. The standard InChI is InChI=1S/C17H17ClN2/c18-14-5-6-16-13(10-14)9-12-3-1-2-4-15(12)17-11-19-7-8-20(16)17/h1-6,10,17,19H,7-9,11H2/t17-/m1/s1. The van der Waals surface area contributed by atoms with Gasteiger partial charge in [-0.3, -0.25) is 0 Å². The number of hydrogen-bond acceptors (Lipinski definition) is 2. The van der Waals surface area contributed by atoms with Gasteiger partial charge in [-0.1, -0.05) is 35.9 Å². The van der Waals surface area contributed by atoms with Crippen molar-refractivity contribution < 1.29 is 0 Å². The second-order valence-electron chi connectivity index (χ2n) is 5.56. The number of benzene rings is 2. The molecule has 0 radical (unpaired) electrons. The van der Waals surface area contributed by atoms with Crippen LogP contribution in [0.2, 0.25) is 5.02 Å². The molecule has 20 heavy (non-hydrogen) atoms. The maximum Gasteiger partial charge on any atom is 0.0670 e. The molecule has 0 bridgehead atoms. The molecule has 0 saturated carbocycles. The third-order valence-corrected chi connectivity index (χ3v) is 4.62. The highest BCUT2D eigenvalue weighted by Crippen LogP contribution is 2.38. The van der Waals surface area contributed by atoms with Crippen molar-refractivity contribution in [2.24, 2.45) is 0 Å². The van der Waals surface area contributed by atoms with Gasteiger partial charge in [0.2, 0.25) is 0 Å². The molecule has 1 N–H and O–H groups in total. The first kappa shape index (κ1) is 12.2. The topological polar surface area (TPSA) is 15.3 Å². The summed E-state index contributed by atoms with van der Waals surface area (Å²) in [5, 5.41) is 4.36. The predicted octanol–water partition coefficient (Wildman–Crippen LogP) is 3.40. The van der Waals surface area contributed by atoms with E-state index in [-0.39, 0.29) is 0 Å². The van der Waals surface area contributed by atoms with Crippen LogP contribution >= 0.6 is 11.6 Å². The average molecular weight is 285 g/mol. The molecule has 0 aliphatic carbocycles. The van der Waals surface area contributed by atoms with E-state index in [1.807, 2.05) is 6.07 Å². The zero-order valence-corrected chi connectivity index (χ0v) is 12.0. The summed E-state index contributed by atoms with van der Waals surface area (Å²) in [5.74, 6) is 0. The van der Waals surface area contributed by atoms with E-state index in [1.165, 1.54) is 22.4 Å². The van der Waals surface area contributed by atoms with Crippen molar-refractivity contribution >= 4 is 17.3 Å². The van der Waals surface area contributed by atoms with Crippen molar-refractivity contribution in [1.29, 1.82) is 0 Å². The van der Waals surface area contributed by atoms with Crippen LogP contribution in [0.3, 0.4) is 0 Å². The van der Waals surface area contributed by atoms with E-state index in [1.54, 1.807) is 0 Å². The van der Waals surface area contributed by atoms with Crippen LogP contribution in [0.4, 0.5) is 5.69 Å². The Balaban J connectivity index is 1.92. The van der Waals surface area contributed by atoms with Crippen molar-refractivity contribution in [2.75, 3.05) is 24.5 Å². The molecule has 0 aromatic heterocycles. The maximum atomic E-state index is 6.20. The van der Waals surface area contributed by atoms with Crippen molar-refractivity contribution in [3.8, 4) is 0 Å². The summed E-state index contributed by atoms with van der Waals surface area (Å²) < 4.78 is 0. The fourth-order valence-corrected chi connectivity index (χ4v) is 3.67. The summed E-state index contributed by atoms with van der Waals surface area (Å²) in [6.45, 7) is 3.10. The molecule has 2 aliphatic heterocycles. The first-order chi connectivity index (χ1) is 9.83.